The Morgan fingerprint density at radius 2 is 1.84 bits per heavy atom. The van der Waals surface area contributed by atoms with Crippen LogP contribution in [0.4, 0.5) is 0 Å². The van der Waals surface area contributed by atoms with Crippen LogP contribution in [0.5, 0.6) is 0 Å². The van der Waals surface area contributed by atoms with Gasteiger partial charge in [0, 0.05) is 31.5 Å². The molecule has 2 aromatic carbocycles. The quantitative estimate of drug-likeness (QED) is 0.786. The molecule has 2 aliphatic rings. The van der Waals surface area contributed by atoms with Crippen LogP contribution in [0.3, 0.4) is 0 Å². The van der Waals surface area contributed by atoms with E-state index in [1.54, 1.807) is 25.1 Å². The number of rotatable bonds is 5. The summed E-state index contributed by atoms with van der Waals surface area (Å²) < 4.78 is 0. The molecule has 32 heavy (non-hydrogen) atoms. The summed E-state index contributed by atoms with van der Waals surface area (Å²) in [6.45, 7) is -0.186. The third kappa shape index (κ3) is 3.78. The Hall–Kier alpha value is -3.17. The Labute approximate surface area is 189 Å². The number of aliphatic hydroxyl groups excluding tert-OH is 1. The molecular weight excluding hydrogens is 402 g/mol. The van der Waals surface area contributed by atoms with Crippen molar-refractivity contribution in [1.82, 2.24) is 9.80 Å². The minimum atomic E-state index is -0.604. The van der Waals surface area contributed by atoms with Crippen molar-refractivity contribution in [2.75, 3.05) is 20.7 Å². The van der Waals surface area contributed by atoms with Crippen molar-refractivity contribution in [2.24, 2.45) is 5.92 Å². The normalized spacial score (nSPS) is 22.8. The molecule has 0 aromatic heterocycles. The fourth-order valence-corrected chi connectivity index (χ4v) is 5.20. The number of aliphatic hydroxyl groups is 1. The van der Waals surface area contributed by atoms with Crippen molar-refractivity contribution < 1.29 is 14.7 Å². The molecule has 4 rings (SSSR count). The van der Waals surface area contributed by atoms with Gasteiger partial charge in [-0.05, 0) is 41.7 Å². The molecule has 3 atom stereocenters. The minimum absolute atomic E-state index is 0.000378. The van der Waals surface area contributed by atoms with Crippen LogP contribution in [-0.4, -0.2) is 59.5 Å². The zero-order chi connectivity index (χ0) is 22.8. The summed E-state index contributed by atoms with van der Waals surface area (Å²) in [7, 11) is 3.44. The maximum absolute atomic E-state index is 13.1. The fraction of sp³-hybridized carbons (Fsp3) is 0.423. The number of benzene rings is 2. The highest BCUT2D eigenvalue weighted by atomic mass is 16.3. The summed E-state index contributed by atoms with van der Waals surface area (Å²) in [5.74, 6) is -0.394. The molecule has 6 heteroatoms. The Morgan fingerprint density at radius 3 is 2.50 bits per heavy atom. The summed E-state index contributed by atoms with van der Waals surface area (Å²) in [5.41, 5.74) is 3.30. The van der Waals surface area contributed by atoms with Crippen molar-refractivity contribution >= 4 is 11.8 Å². The van der Waals surface area contributed by atoms with Crippen LogP contribution in [0, 0.1) is 17.2 Å². The Bertz CT molecular complexity index is 1050. The molecule has 1 aliphatic carbocycles. The highest BCUT2D eigenvalue weighted by Gasteiger charge is 2.53. The molecule has 1 aliphatic heterocycles. The molecular formula is C26H29N3O3. The van der Waals surface area contributed by atoms with Crippen LogP contribution >= 0.6 is 0 Å². The van der Waals surface area contributed by atoms with E-state index in [2.05, 4.69) is 6.07 Å². The zero-order valence-corrected chi connectivity index (χ0v) is 18.6. The van der Waals surface area contributed by atoms with Crippen molar-refractivity contribution in [3.63, 3.8) is 0 Å². The van der Waals surface area contributed by atoms with E-state index >= 15 is 0 Å². The third-order valence-electron chi connectivity index (χ3n) is 6.84. The molecule has 1 heterocycles. The van der Waals surface area contributed by atoms with Gasteiger partial charge in [0.1, 0.15) is 6.04 Å². The maximum atomic E-state index is 13.1. The number of likely N-dealkylation sites (tertiary alicyclic amines) is 1. The van der Waals surface area contributed by atoms with Crippen molar-refractivity contribution in [3.8, 4) is 17.2 Å². The molecule has 2 fully saturated rings. The first-order valence-corrected chi connectivity index (χ1v) is 11.2. The van der Waals surface area contributed by atoms with Gasteiger partial charge in [-0.25, -0.2) is 0 Å². The van der Waals surface area contributed by atoms with E-state index in [9.17, 15) is 20.0 Å². The van der Waals surface area contributed by atoms with Gasteiger partial charge in [0.05, 0.1) is 18.7 Å². The van der Waals surface area contributed by atoms with Crippen LogP contribution < -0.4 is 0 Å². The van der Waals surface area contributed by atoms with Gasteiger partial charge in [-0.2, -0.15) is 5.26 Å². The molecule has 1 saturated carbocycles. The highest BCUT2D eigenvalue weighted by Crippen LogP contribution is 2.45. The molecule has 1 N–H and O–H groups in total. The summed E-state index contributed by atoms with van der Waals surface area (Å²) >= 11 is 0. The predicted molar refractivity (Wildman–Crippen MR) is 122 cm³/mol. The number of carbonyl (C=O) groups is 2. The van der Waals surface area contributed by atoms with Gasteiger partial charge in [0.15, 0.2) is 0 Å². The number of hydrogen-bond acceptors (Lipinski definition) is 4. The lowest BCUT2D eigenvalue weighted by atomic mass is 9.72. The van der Waals surface area contributed by atoms with Gasteiger partial charge in [0.25, 0.3) is 5.91 Å². The second-order valence-corrected chi connectivity index (χ2v) is 8.94. The largest absolute Gasteiger partial charge is 0.394 e. The van der Waals surface area contributed by atoms with Crippen LogP contribution in [0.1, 0.15) is 47.5 Å². The Balaban J connectivity index is 1.69. The Kier molecular flexibility index (Phi) is 6.29. The molecule has 166 valence electrons. The van der Waals surface area contributed by atoms with Crippen molar-refractivity contribution in [2.45, 2.75) is 43.7 Å². The van der Waals surface area contributed by atoms with Gasteiger partial charge < -0.3 is 14.9 Å². The topological polar surface area (TPSA) is 84.6 Å². The lowest BCUT2D eigenvalue weighted by molar-refractivity contribution is -0.151. The monoisotopic (exact) mass is 431 g/mol. The number of amides is 2. The van der Waals surface area contributed by atoms with Gasteiger partial charge in [-0.1, -0.05) is 49.2 Å². The fourth-order valence-electron chi connectivity index (χ4n) is 5.20. The van der Waals surface area contributed by atoms with Gasteiger partial charge in [0.2, 0.25) is 5.91 Å². The average molecular weight is 432 g/mol. The zero-order valence-electron chi connectivity index (χ0n) is 18.6. The third-order valence-corrected chi connectivity index (χ3v) is 6.84. The summed E-state index contributed by atoms with van der Waals surface area (Å²) in [6.07, 6.45) is 3.80. The first kappa shape index (κ1) is 22.0. The molecule has 6 nitrogen and oxygen atoms in total. The lowest BCUT2D eigenvalue weighted by Gasteiger charge is -2.52. The molecule has 2 aromatic rings. The minimum Gasteiger partial charge on any atom is -0.394 e. The van der Waals surface area contributed by atoms with Crippen LogP contribution in [0.15, 0.2) is 48.5 Å². The van der Waals surface area contributed by atoms with E-state index in [1.165, 1.54) is 4.90 Å². The maximum Gasteiger partial charge on any atom is 0.253 e. The number of carbonyl (C=O) groups excluding carboxylic acids is 2. The van der Waals surface area contributed by atoms with E-state index < -0.39 is 12.1 Å². The molecule has 1 saturated heterocycles. The van der Waals surface area contributed by atoms with Crippen LogP contribution in [0.2, 0.25) is 0 Å². The van der Waals surface area contributed by atoms with E-state index in [1.807, 2.05) is 42.5 Å². The standard InChI is InChI=1S/C26H29N3O3/c1-28(2)25(31)19-11-7-10-18(14-19)20-12-5-6-13-21(20)24-22(15-27)29(23(24)16-30)26(32)17-8-3-4-9-17/h5-7,10-14,17,22-24,30H,3-4,8-9,16H2,1-2H3/t22-,23+,24+/m0/s1. The van der Waals surface area contributed by atoms with Crippen molar-refractivity contribution in [1.29, 1.82) is 5.26 Å². The molecule has 2 amide bonds. The SMILES string of the molecule is CN(C)C(=O)c1cccc(-c2ccccc2[C@H]2[C@@H](CO)N(C(=O)C3CCCC3)[C@H]2C#N)c1. The van der Waals surface area contributed by atoms with Gasteiger partial charge in [-0.15, -0.1) is 0 Å². The van der Waals surface area contributed by atoms with E-state index in [-0.39, 0.29) is 30.3 Å². The van der Waals surface area contributed by atoms with Crippen LogP contribution in [-0.2, 0) is 4.79 Å². The van der Waals surface area contributed by atoms with Gasteiger partial charge in [-0.3, -0.25) is 9.59 Å². The summed E-state index contributed by atoms with van der Waals surface area (Å²) in [4.78, 5) is 28.7. The van der Waals surface area contributed by atoms with Crippen LogP contribution in [0.25, 0.3) is 11.1 Å². The van der Waals surface area contributed by atoms with E-state index in [0.717, 1.165) is 42.4 Å². The first-order valence-electron chi connectivity index (χ1n) is 11.2. The molecule has 0 spiro atoms. The van der Waals surface area contributed by atoms with Gasteiger partial charge >= 0.3 is 0 Å². The second-order valence-electron chi connectivity index (χ2n) is 8.94. The molecule has 0 radical (unpaired) electrons. The first-order chi connectivity index (χ1) is 15.5. The highest BCUT2D eigenvalue weighted by molar-refractivity contribution is 5.95. The van der Waals surface area contributed by atoms with E-state index in [0.29, 0.717) is 5.56 Å². The smallest absolute Gasteiger partial charge is 0.253 e. The lowest BCUT2D eigenvalue weighted by Crippen LogP contribution is -2.66. The average Bonchev–Trinajstić information content (AvgIpc) is 3.34. The number of hydrogen-bond donors (Lipinski definition) is 1. The number of nitriles is 1. The molecule has 0 unspecified atom stereocenters. The molecule has 0 bridgehead atoms. The van der Waals surface area contributed by atoms with E-state index in [4.69, 9.17) is 0 Å². The Morgan fingerprint density at radius 1 is 1.12 bits per heavy atom. The second kappa shape index (κ2) is 9.13. The van der Waals surface area contributed by atoms with Crippen molar-refractivity contribution in [3.05, 3.63) is 59.7 Å². The number of nitrogens with zero attached hydrogens (tertiary/aromatic N) is 3. The summed E-state index contributed by atoms with van der Waals surface area (Å²) in [5, 5.41) is 20.1. The predicted octanol–water partition coefficient (Wildman–Crippen LogP) is 3.42. The summed E-state index contributed by atoms with van der Waals surface area (Å²) in [6, 6.07) is 16.5.